The van der Waals surface area contributed by atoms with Crippen molar-refractivity contribution in [3.8, 4) is 0 Å². The Hall–Kier alpha value is -1.82. The summed E-state index contributed by atoms with van der Waals surface area (Å²) in [4.78, 5) is 25.3. The largest absolute Gasteiger partial charge is 0.462 e. The van der Waals surface area contributed by atoms with Crippen LogP contribution in [-0.2, 0) is 28.5 Å². The quantitative estimate of drug-likeness (QED) is 0.0273. The molecule has 1 aliphatic heterocycles. The normalized spacial score (nSPS) is 20.7. The molecule has 0 spiro atoms. The van der Waals surface area contributed by atoms with Crippen molar-refractivity contribution in [2.24, 2.45) is 0 Å². The minimum atomic E-state index is -1.60. The summed E-state index contributed by atoms with van der Waals surface area (Å²) in [5.41, 5.74) is 0. The van der Waals surface area contributed by atoms with Crippen LogP contribution in [0.1, 0.15) is 194 Å². The molecule has 0 aromatic heterocycles. The van der Waals surface area contributed by atoms with E-state index in [0.29, 0.717) is 12.8 Å². The summed E-state index contributed by atoms with van der Waals surface area (Å²) in [5.74, 6) is -0.822. The monoisotopic (exact) mass is 783 g/mol. The number of hydrogen-bond donors (Lipinski definition) is 4. The lowest BCUT2D eigenvalue weighted by Crippen LogP contribution is -2.59. The van der Waals surface area contributed by atoms with Crippen LogP contribution < -0.4 is 0 Å². The second kappa shape index (κ2) is 36.5. The van der Waals surface area contributed by atoms with Gasteiger partial charge in [-0.15, -0.1) is 0 Å². The molecule has 1 aliphatic rings. The van der Waals surface area contributed by atoms with Gasteiger partial charge in [-0.3, -0.25) is 9.59 Å². The maximum Gasteiger partial charge on any atom is 0.306 e. The molecular formula is C45H82O10. The topological polar surface area (TPSA) is 152 Å². The summed E-state index contributed by atoms with van der Waals surface area (Å²) in [7, 11) is 0. The molecule has 0 amide bonds. The van der Waals surface area contributed by atoms with Gasteiger partial charge in [0.15, 0.2) is 12.4 Å². The molecule has 1 fully saturated rings. The Bertz CT molecular complexity index is 954. The molecule has 6 atom stereocenters. The van der Waals surface area contributed by atoms with Gasteiger partial charge in [0.2, 0.25) is 0 Å². The minimum Gasteiger partial charge on any atom is -0.462 e. The van der Waals surface area contributed by atoms with Crippen LogP contribution in [0, 0.1) is 0 Å². The van der Waals surface area contributed by atoms with E-state index in [1.807, 2.05) is 0 Å². The standard InChI is InChI=1S/C45H82O10/c1-3-5-7-9-11-13-15-17-19-21-23-25-27-29-31-33-40(47)52-36-38(37-53-45-44(51)43(50)42(49)39(35-46)55-45)54-41(48)34-32-30-28-26-24-22-20-18-16-14-12-10-8-6-4-2/h17-20,38-39,42-46,49-51H,3-16,21-37H2,1-2H3/b19-17+,20-18+/t38-,39-,42+,43?,44?,45-/m0/s1. The number of carbonyl (C=O) groups is 2. The zero-order valence-corrected chi connectivity index (χ0v) is 34.9. The van der Waals surface area contributed by atoms with Crippen LogP contribution in [0.4, 0.5) is 0 Å². The highest BCUT2D eigenvalue weighted by Gasteiger charge is 2.44. The molecule has 0 radical (unpaired) electrons. The first-order valence-corrected chi connectivity index (χ1v) is 22.4. The Morgan fingerprint density at radius 2 is 0.964 bits per heavy atom. The molecule has 10 nitrogen and oxygen atoms in total. The molecule has 55 heavy (non-hydrogen) atoms. The fraction of sp³-hybridized carbons (Fsp3) is 0.867. The SMILES string of the molecule is CCCCCCCC/C=C/CCCCCCCC(=O)OC[C@@H](CO[C@H]1O[C@@H](CO)[C@@H](O)C(O)C1O)OC(=O)CCCCCCC/C=C/CCCCCCCC. The van der Waals surface area contributed by atoms with Gasteiger partial charge < -0.3 is 39.4 Å². The van der Waals surface area contributed by atoms with Crippen molar-refractivity contribution in [3.63, 3.8) is 0 Å². The minimum absolute atomic E-state index is 0.220. The molecule has 0 aliphatic carbocycles. The van der Waals surface area contributed by atoms with E-state index in [0.717, 1.165) is 64.2 Å². The van der Waals surface area contributed by atoms with Crippen molar-refractivity contribution in [2.45, 2.75) is 230 Å². The lowest BCUT2D eigenvalue weighted by Gasteiger charge is -2.39. The highest BCUT2D eigenvalue weighted by molar-refractivity contribution is 5.70. The molecule has 1 saturated heterocycles. The number of carbonyl (C=O) groups excluding carboxylic acids is 2. The van der Waals surface area contributed by atoms with Gasteiger partial charge in [0.25, 0.3) is 0 Å². The van der Waals surface area contributed by atoms with Crippen LogP contribution in [0.5, 0.6) is 0 Å². The fourth-order valence-corrected chi connectivity index (χ4v) is 6.71. The fourth-order valence-electron chi connectivity index (χ4n) is 6.71. The van der Waals surface area contributed by atoms with Crippen LogP contribution in [0.25, 0.3) is 0 Å². The number of unbranched alkanes of at least 4 members (excludes halogenated alkanes) is 22. The predicted molar refractivity (Wildman–Crippen MR) is 219 cm³/mol. The molecule has 0 aromatic rings. The summed E-state index contributed by atoms with van der Waals surface area (Å²) in [6, 6.07) is 0. The number of esters is 2. The summed E-state index contributed by atoms with van der Waals surface area (Å²) >= 11 is 0. The Balaban J connectivity index is 2.34. The van der Waals surface area contributed by atoms with E-state index in [1.165, 1.54) is 89.9 Å². The Kier molecular flexibility index (Phi) is 34.0. The van der Waals surface area contributed by atoms with Gasteiger partial charge in [-0.2, -0.15) is 0 Å². The summed E-state index contributed by atoms with van der Waals surface area (Å²) < 4.78 is 22.1. The maximum atomic E-state index is 12.8. The van der Waals surface area contributed by atoms with Crippen molar-refractivity contribution in [2.75, 3.05) is 19.8 Å². The number of rotatable bonds is 37. The van der Waals surface area contributed by atoms with Crippen molar-refractivity contribution < 1.29 is 49.0 Å². The summed E-state index contributed by atoms with van der Waals surface area (Å²) in [6.45, 7) is 3.40. The molecule has 4 N–H and O–H groups in total. The van der Waals surface area contributed by atoms with E-state index in [9.17, 15) is 30.0 Å². The van der Waals surface area contributed by atoms with E-state index in [1.54, 1.807) is 0 Å². The molecule has 1 rings (SSSR count). The molecule has 10 heteroatoms. The van der Waals surface area contributed by atoms with Crippen molar-refractivity contribution in [1.82, 2.24) is 0 Å². The summed E-state index contributed by atoms with van der Waals surface area (Å²) in [6.07, 6.45) is 31.8. The third-order valence-corrected chi connectivity index (χ3v) is 10.3. The second-order valence-corrected chi connectivity index (χ2v) is 15.5. The third-order valence-electron chi connectivity index (χ3n) is 10.3. The molecule has 2 unspecified atom stereocenters. The molecule has 0 aromatic carbocycles. The predicted octanol–water partition coefficient (Wildman–Crippen LogP) is 9.33. The van der Waals surface area contributed by atoms with Crippen LogP contribution in [0.15, 0.2) is 24.3 Å². The molecular weight excluding hydrogens is 700 g/mol. The van der Waals surface area contributed by atoms with Gasteiger partial charge in [0.1, 0.15) is 31.0 Å². The first-order valence-electron chi connectivity index (χ1n) is 22.4. The van der Waals surface area contributed by atoms with Gasteiger partial charge in [-0.25, -0.2) is 0 Å². The van der Waals surface area contributed by atoms with E-state index in [2.05, 4.69) is 38.2 Å². The second-order valence-electron chi connectivity index (χ2n) is 15.5. The Morgan fingerprint density at radius 1 is 0.545 bits per heavy atom. The Morgan fingerprint density at radius 3 is 1.42 bits per heavy atom. The average molecular weight is 783 g/mol. The molecule has 0 saturated carbocycles. The number of aliphatic hydroxyl groups excluding tert-OH is 4. The van der Waals surface area contributed by atoms with Gasteiger partial charge in [-0.1, -0.05) is 141 Å². The Labute approximate surface area is 334 Å². The molecule has 322 valence electrons. The van der Waals surface area contributed by atoms with Gasteiger partial charge in [-0.05, 0) is 64.2 Å². The lowest BCUT2D eigenvalue weighted by atomic mass is 9.99. The molecule has 0 bridgehead atoms. The van der Waals surface area contributed by atoms with Gasteiger partial charge in [0.05, 0.1) is 13.2 Å². The van der Waals surface area contributed by atoms with Crippen LogP contribution >= 0.6 is 0 Å². The highest BCUT2D eigenvalue weighted by atomic mass is 16.7. The summed E-state index contributed by atoms with van der Waals surface area (Å²) in [5, 5.41) is 40.0. The van der Waals surface area contributed by atoms with Gasteiger partial charge in [0, 0.05) is 12.8 Å². The molecule has 1 heterocycles. The van der Waals surface area contributed by atoms with E-state index >= 15 is 0 Å². The third kappa shape index (κ3) is 28.3. The number of aliphatic hydroxyl groups is 4. The number of ether oxygens (including phenoxy) is 4. The first-order chi connectivity index (χ1) is 26.8. The van der Waals surface area contributed by atoms with Crippen molar-refractivity contribution in [3.05, 3.63) is 24.3 Å². The van der Waals surface area contributed by atoms with E-state index < -0.39 is 49.4 Å². The smallest absolute Gasteiger partial charge is 0.306 e. The van der Waals surface area contributed by atoms with Crippen LogP contribution in [-0.4, -0.2) is 89.0 Å². The lowest BCUT2D eigenvalue weighted by molar-refractivity contribution is -0.305. The zero-order chi connectivity index (χ0) is 40.2. The number of hydrogen-bond acceptors (Lipinski definition) is 10. The number of allylic oxidation sites excluding steroid dienone is 4. The zero-order valence-electron chi connectivity index (χ0n) is 34.9. The van der Waals surface area contributed by atoms with E-state index in [4.69, 9.17) is 18.9 Å². The van der Waals surface area contributed by atoms with Crippen LogP contribution in [0.2, 0.25) is 0 Å². The van der Waals surface area contributed by atoms with Crippen molar-refractivity contribution in [1.29, 1.82) is 0 Å². The van der Waals surface area contributed by atoms with Crippen LogP contribution in [0.3, 0.4) is 0 Å². The van der Waals surface area contributed by atoms with E-state index in [-0.39, 0.29) is 32.0 Å². The van der Waals surface area contributed by atoms with Gasteiger partial charge >= 0.3 is 11.9 Å². The van der Waals surface area contributed by atoms with Crippen molar-refractivity contribution >= 4 is 11.9 Å². The maximum absolute atomic E-state index is 12.8. The first kappa shape index (κ1) is 51.2. The highest BCUT2D eigenvalue weighted by Crippen LogP contribution is 2.22. The average Bonchev–Trinajstić information content (AvgIpc) is 3.18.